The van der Waals surface area contributed by atoms with Gasteiger partial charge in [0, 0.05) is 37.5 Å². The number of nitrogens with zero attached hydrogens (tertiary/aromatic N) is 3. The zero-order valence-electron chi connectivity index (χ0n) is 13.6. The van der Waals surface area contributed by atoms with Gasteiger partial charge in [0.1, 0.15) is 5.69 Å². The van der Waals surface area contributed by atoms with E-state index in [4.69, 9.17) is 0 Å². The first-order valence-corrected chi connectivity index (χ1v) is 7.72. The van der Waals surface area contributed by atoms with Crippen molar-refractivity contribution in [2.45, 2.75) is 19.8 Å². The summed E-state index contributed by atoms with van der Waals surface area (Å²) in [4.78, 5) is 37.2. The summed E-state index contributed by atoms with van der Waals surface area (Å²) in [5, 5.41) is 6.68. The van der Waals surface area contributed by atoms with Crippen molar-refractivity contribution in [2.75, 3.05) is 16.8 Å². The van der Waals surface area contributed by atoms with Crippen molar-refractivity contribution in [1.29, 1.82) is 0 Å². The molecule has 7 heteroatoms. The number of aromatic nitrogens is 2. The first-order valence-electron chi connectivity index (χ1n) is 7.72. The van der Waals surface area contributed by atoms with Crippen molar-refractivity contribution < 1.29 is 9.59 Å². The monoisotopic (exact) mass is 326 g/mol. The summed E-state index contributed by atoms with van der Waals surface area (Å²) in [6, 6.07) is 8.11. The molecule has 7 nitrogen and oxygen atoms in total. The summed E-state index contributed by atoms with van der Waals surface area (Å²) in [5.41, 5.74) is 2.28. The van der Waals surface area contributed by atoms with Crippen LogP contribution in [0.25, 0.3) is 0 Å². The molecule has 3 rings (SSSR count). The molecule has 0 aliphatic carbocycles. The van der Waals surface area contributed by atoms with Gasteiger partial charge >= 0.3 is 0 Å². The van der Waals surface area contributed by atoms with Crippen LogP contribution in [-0.2, 0) is 11.8 Å². The molecule has 0 radical (unpaired) electrons. The van der Waals surface area contributed by atoms with Crippen LogP contribution in [0.5, 0.6) is 0 Å². The zero-order valence-corrected chi connectivity index (χ0v) is 13.6. The van der Waals surface area contributed by atoms with Crippen molar-refractivity contribution in [3.63, 3.8) is 0 Å². The van der Waals surface area contributed by atoms with E-state index in [9.17, 15) is 14.4 Å². The van der Waals surface area contributed by atoms with E-state index in [1.807, 2.05) is 19.1 Å². The summed E-state index contributed by atoms with van der Waals surface area (Å²) in [6.07, 6.45) is 1.45. The molecule has 1 fully saturated rings. The van der Waals surface area contributed by atoms with Crippen molar-refractivity contribution in [3.05, 3.63) is 51.9 Å². The molecule has 0 unspecified atom stereocenters. The minimum Gasteiger partial charge on any atom is -0.321 e. The number of rotatable bonds is 3. The third-order valence-electron chi connectivity index (χ3n) is 4.01. The lowest BCUT2D eigenvalue weighted by atomic mass is 10.1. The molecule has 0 saturated carbocycles. The maximum Gasteiger partial charge on any atom is 0.276 e. The third kappa shape index (κ3) is 3.05. The van der Waals surface area contributed by atoms with E-state index in [0.29, 0.717) is 12.1 Å². The minimum atomic E-state index is -0.394. The predicted molar refractivity (Wildman–Crippen MR) is 90.2 cm³/mol. The highest BCUT2D eigenvalue weighted by molar-refractivity contribution is 6.03. The average molecular weight is 326 g/mol. The van der Waals surface area contributed by atoms with Crippen LogP contribution in [0.1, 0.15) is 28.9 Å². The zero-order chi connectivity index (χ0) is 17.3. The van der Waals surface area contributed by atoms with Crippen LogP contribution in [-0.4, -0.2) is 28.1 Å². The molecule has 1 N–H and O–H groups in total. The molecule has 124 valence electrons. The number of amides is 2. The molecule has 0 bridgehead atoms. The van der Waals surface area contributed by atoms with Crippen LogP contribution < -0.4 is 15.8 Å². The van der Waals surface area contributed by atoms with Crippen molar-refractivity contribution in [3.8, 4) is 0 Å². The van der Waals surface area contributed by atoms with Crippen LogP contribution in [0.15, 0.2) is 35.1 Å². The number of nitrogens with one attached hydrogen (secondary N) is 1. The lowest BCUT2D eigenvalue weighted by Gasteiger charge is -2.19. The van der Waals surface area contributed by atoms with Crippen molar-refractivity contribution in [2.24, 2.45) is 7.05 Å². The molecule has 1 saturated heterocycles. The van der Waals surface area contributed by atoms with E-state index >= 15 is 0 Å². The van der Waals surface area contributed by atoms with Crippen LogP contribution in [0.3, 0.4) is 0 Å². The van der Waals surface area contributed by atoms with Crippen LogP contribution in [0, 0.1) is 6.92 Å². The lowest BCUT2D eigenvalue weighted by molar-refractivity contribution is -0.117. The van der Waals surface area contributed by atoms with E-state index in [0.717, 1.165) is 28.9 Å². The smallest absolute Gasteiger partial charge is 0.276 e. The number of hydrogen-bond acceptors (Lipinski definition) is 4. The predicted octanol–water partition coefficient (Wildman–Crippen LogP) is 1.47. The standard InChI is InChI=1S/C17H18N4O3/c1-11-10-12(5-7-14(11)21-9-3-4-16(21)23)18-17(24)13-6-8-15(22)20(2)19-13/h5-8,10H,3-4,9H2,1-2H3,(H,18,24). The van der Waals surface area contributed by atoms with Gasteiger partial charge in [-0.25, -0.2) is 4.68 Å². The quantitative estimate of drug-likeness (QED) is 0.925. The van der Waals surface area contributed by atoms with Gasteiger partial charge in [-0.1, -0.05) is 0 Å². The molecule has 1 aromatic carbocycles. The maximum absolute atomic E-state index is 12.2. The number of aryl methyl sites for hydroxylation is 2. The summed E-state index contributed by atoms with van der Waals surface area (Å²) in [7, 11) is 1.49. The van der Waals surface area contributed by atoms with Gasteiger partial charge in [-0.15, -0.1) is 0 Å². The second-order valence-corrected chi connectivity index (χ2v) is 5.78. The highest BCUT2D eigenvalue weighted by Crippen LogP contribution is 2.27. The Kier molecular flexibility index (Phi) is 4.16. The molecule has 1 aromatic heterocycles. The van der Waals surface area contributed by atoms with Gasteiger partial charge in [0.05, 0.1) is 0 Å². The van der Waals surface area contributed by atoms with E-state index in [1.54, 1.807) is 11.0 Å². The minimum absolute atomic E-state index is 0.129. The molecule has 2 heterocycles. The molecule has 2 aromatic rings. The number of carbonyl (C=O) groups is 2. The Morgan fingerprint density at radius 3 is 2.62 bits per heavy atom. The average Bonchev–Trinajstić information content (AvgIpc) is 2.96. The van der Waals surface area contributed by atoms with Gasteiger partial charge in [0.25, 0.3) is 11.5 Å². The van der Waals surface area contributed by atoms with Crippen LogP contribution >= 0.6 is 0 Å². The lowest BCUT2D eigenvalue weighted by Crippen LogP contribution is -2.25. The summed E-state index contributed by atoms with van der Waals surface area (Å²) in [5.74, 6) is -0.265. The SMILES string of the molecule is Cc1cc(NC(=O)c2ccc(=O)n(C)n2)ccc1N1CCCC1=O. The van der Waals surface area contributed by atoms with Crippen LogP contribution in [0.4, 0.5) is 11.4 Å². The van der Waals surface area contributed by atoms with E-state index in [1.165, 1.54) is 19.2 Å². The van der Waals surface area contributed by atoms with Gasteiger partial charge in [-0.2, -0.15) is 5.10 Å². The van der Waals surface area contributed by atoms with E-state index < -0.39 is 5.91 Å². The largest absolute Gasteiger partial charge is 0.321 e. The maximum atomic E-state index is 12.2. The molecule has 0 spiro atoms. The molecule has 1 aliphatic heterocycles. The Bertz CT molecular complexity index is 872. The Balaban J connectivity index is 1.79. The molecule has 24 heavy (non-hydrogen) atoms. The van der Waals surface area contributed by atoms with Gasteiger partial charge in [-0.05, 0) is 43.2 Å². The molecule has 2 amide bonds. The van der Waals surface area contributed by atoms with Crippen molar-refractivity contribution >= 4 is 23.2 Å². The summed E-state index contributed by atoms with van der Waals surface area (Å²) < 4.78 is 1.11. The third-order valence-corrected chi connectivity index (χ3v) is 4.01. The Morgan fingerprint density at radius 2 is 2.00 bits per heavy atom. The first kappa shape index (κ1) is 15.9. The second kappa shape index (κ2) is 6.27. The highest BCUT2D eigenvalue weighted by Gasteiger charge is 2.23. The van der Waals surface area contributed by atoms with Crippen molar-refractivity contribution in [1.82, 2.24) is 9.78 Å². The number of hydrogen-bond donors (Lipinski definition) is 1. The number of benzene rings is 1. The summed E-state index contributed by atoms with van der Waals surface area (Å²) in [6.45, 7) is 2.63. The highest BCUT2D eigenvalue weighted by atomic mass is 16.2. The fourth-order valence-corrected chi connectivity index (χ4v) is 2.76. The Labute approximate surface area is 138 Å². The van der Waals surface area contributed by atoms with Gasteiger partial charge in [0.2, 0.25) is 5.91 Å². The molecule has 0 atom stereocenters. The number of carbonyl (C=O) groups excluding carboxylic acids is 2. The first-order chi connectivity index (χ1) is 11.5. The second-order valence-electron chi connectivity index (χ2n) is 5.78. The molecular weight excluding hydrogens is 308 g/mol. The van der Waals surface area contributed by atoms with Gasteiger partial charge in [0.15, 0.2) is 0 Å². The summed E-state index contributed by atoms with van der Waals surface area (Å²) >= 11 is 0. The Hall–Kier alpha value is -2.96. The van der Waals surface area contributed by atoms with Gasteiger partial charge < -0.3 is 10.2 Å². The topological polar surface area (TPSA) is 84.3 Å². The van der Waals surface area contributed by atoms with E-state index in [-0.39, 0.29) is 17.2 Å². The fraction of sp³-hybridized carbons (Fsp3) is 0.294. The normalized spacial score (nSPS) is 14.1. The Morgan fingerprint density at radius 1 is 1.21 bits per heavy atom. The van der Waals surface area contributed by atoms with Gasteiger partial charge in [-0.3, -0.25) is 14.4 Å². The molecular formula is C17H18N4O3. The van der Waals surface area contributed by atoms with E-state index in [2.05, 4.69) is 10.4 Å². The number of anilines is 2. The molecule has 1 aliphatic rings. The van der Waals surface area contributed by atoms with Crippen LogP contribution in [0.2, 0.25) is 0 Å². The fourth-order valence-electron chi connectivity index (χ4n) is 2.76.